The monoisotopic (exact) mass is 448 g/mol. The summed E-state index contributed by atoms with van der Waals surface area (Å²) in [7, 11) is 0. The Kier molecular flexibility index (Phi) is 6.15. The number of hydrogen-bond acceptors (Lipinski definition) is 4. The van der Waals surface area contributed by atoms with Gasteiger partial charge in [0.25, 0.3) is 5.91 Å². The molecule has 0 aromatic heterocycles. The number of rotatable bonds is 7. The van der Waals surface area contributed by atoms with Gasteiger partial charge in [-0.05, 0) is 87.9 Å². The van der Waals surface area contributed by atoms with Crippen LogP contribution >= 0.6 is 0 Å². The van der Waals surface area contributed by atoms with E-state index in [1.54, 1.807) is 6.92 Å². The van der Waals surface area contributed by atoms with Crippen LogP contribution in [-0.4, -0.2) is 41.9 Å². The Labute approximate surface area is 195 Å². The number of fused-ring (bicyclic) bond motifs is 1. The van der Waals surface area contributed by atoms with Gasteiger partial charge in [0.2, 0.25) is 5.91 Å². The standard InChI is InChI=1S/C26H32N4O3/c1-5-29(17(2)3)22-13-11-21(12-14-22)27-23(31)16-30-24(32)26(4,28-25(30)33)20-10-9-18-7-6-8-19(18)15-20/h9-15,17H,5-8,16H2,1-4H3,(H,27,31)(H,28,33). The minimum absolute atomic E-state index is 0.333. The van der Waals surface area contributed by atoms with Crippen molar-refractivity contribution in [1.82, 2.24) is 10.2 Å². The van der Waals surface area contributed by atoms with Gasteiger partial charge in [0.1, 0.15) is 12.1 Å². The first-order chi connectivity index (χ1) is 15.7. The molecule has 1 saturated heterocycles. The minimum Gasteiger partial charge on any atom is -0.369 e. The van der Waals surface area contributed by atoms with Crippen LogP contribution in [0.2, 0.25) is 0 Å². The smallest absolute Gasteiger partial charge is 0.325 e. The number of nitrogens with zero attached hydrogens (tertiary/aromatic N) is 2. The lowest BCUT2D eigenvalue weighted by molar-refractivity contribution is -0.133. The maximum Gasteiger partial charge on any atom is 0.325 e. The second kappa shape index (κ2) is 8.89. The summed E-state index contributed by atoms with van der Waals surface area (Å²) in [6.45, 7) is 8.62. The van der Waals surface area contributed by atoms with Gasteiger partial charge >= 0.3 is 6.03 Å². The van der Waals surface area contributed by atoms with Crippen LogP contribution in [0.15, 0.2) is 42.5 Å². The van der Waals surface area contributed by atoms with Gasteiger partial charge in [-0.1, -0.05) is 18.2 Å². The van der Waals surface area contributed by atoms with Crippen molar-refractivity contribution in [3.05, 3.63) is 59.2 Å². The van der Waals surface area contributed by atoms with Gasteiger partial charge in [0, 0.05) is 24.0 Å². The Morgan fingerprint density at radius 1 is 1.12 bits per heavy atom. The van der Waals surface area contributed by atoms with E-state index in [2.05, 4.69) is 36.3 Å². The van der Waals surface area contributed by atoms with Crippen molar-refractivity contribution >= 4 is 29.2 Å². The molecule has 1 fully saturated rings. The Balaban J connectivity index is 1.43. The summed E-state index contributed by atoms with van der Waals surface area (Å²) in [6, 6.07) is 13.4. The van der Waals surface area contributed by atoms with Crippen molar-refractivity contribution in [2.45, 2.75) is 58.5 Å². The van der Waals surface area contributed by atoms with E-state index in [0.717, 1.165) is 42.0 Å². The Morgan fingerprint density at radius 3 is 2.48 bits per heavy atom. The number of hydrogen-bond donors (Lipinski definition) is 2. The molecule has 1 aliphatic carbocycles. The predicted octanol–water partition coefficient (Wildman–Crippen LogP) is 3.82. The summed E-state index contributed by atoms with van der Waals surface area (Å²) in [5, 5.41) is 5.59. The Bertz CT molecular complexity index is 1080. The molecule has 4 amide bonds. The van der Waals surface area contributed by atoms with E-state index >= 15 is 0 Å². The van der Waals surface area contributed by atoms with E-state index in [0.29, 0.717) is 11.7 Å². The third-order valence-corrected chi connectivity index (χ3v) is 6.70. The van der Waals surface area contributed by atoms with E-state index in [4.69, 9.17) is 0 Å². The minimum atomic E-state index is -1.17. The van der Waals surface area contributed by atoms with Gasteiger partial charge in [0.05, 0.1) is 0 Å². The quantitative estimate of drug-likeness (QED) is 0.631. The molecule has 2 aromatic rings. The highest BCUT2D eigenvalue weighted by molar-refractivity contribution is 6.10. The SMILES string of the molecule is CCN(c1ccc(NC(=O)CN2C(=O)NC(C)(c3ccc4c(c3)CCC4)C2=O)cc1)C(C)C. The molecule has 174 valence electrons. The molecule has 1 atom stereocenters. The van der Waals surface area contributed by atoms with Crippen molar-refractivity contribution in [2.24, 2.45) is 0 Å². The number of aryl methyl sites for hydroxylation is 2. The van der Waals surface area contributed by atoms with Crippen LogP contribution < -0.4 is 15.5 Å². The van der Waals surface area contributed by atoms with Crippen molar-refractivity contribution in [1.29, 1.82) is 0 Å². The van der Waals surface area contributed by atoms with Crippen LogP contribution in [0.3, 0.4) is 0 Å². The fourth-order valence-electron chi connectivity index (χ4n) is 4.85. The lowest BCUT2D eigenvalue weighted by Crippen LogP contribution is -2.42. The highest BCUT2D eigenvalue weighted by Gasteiger charge is 2.49. The molecule has 0 radical (unpaired) electrons. The number of carbonyl (C=O) groups is 3. The number of imide groups is 1. The van der Waals surface area contributed by atoms with E-state index in [1.807, 2.05) is 42.5 Å². The highest BCUT2D eigenvalue weighted by atomic mass is 16.2. The first-order valence-electron chi connectivity index (χ1n) is 11.7. The number of nitrogens with one attached hydrogen (secondary N) is 2. The summed E-state index contributed by atoms with van der Waals surface area (Å²) < 4.78 is 0. The van der Waals surface area contributed by atoms with Gasteiger partial charge in [-0.15, -0.1) is 0 Å². The molecule has 7 heteroatoms. The van der Waals surface area contributed by atoms with Crippen LogP contribution in [0.4, 0.5) is 16.2 Å². The summed E-state index contributed by atoms with van der Waals surface area (Å²) >= 11 is 0. The summed E-state index contributed by atoms with van der Waals surface area (Å²) in [5.74, 6) is -0.827. The first-order valence-corrected chi connectivity index (χ1v) is 11.7. The van der Waals surface area contributed by atoms with Crippen LogP contribution in [0, 0.1) is 0 Å². The highest BCUT2D eigenvalue weighted by Crippen LogP contribution is 2.32. The number of benzene rings is 2. The largest absolute Gasteiger partial charge is 0.369 e. The average molecular weight is 449 g/mol. The maximum atomic E-state index is 13.2. The number of amides is 4. The second-order valence-electron chi connectivity index (χ2n) is 9.26. The van der Waals surface area contributed by atoms with Gasteiger partial charge in [-0.3, -0.25) is 14.5 Å². The lowest BCUT2D eigenvalue weighted by atomic mass is 9.89. The molecule has 1 unspecified atom stereocenters. The van der Waals surface area contributed by atoms with E-state index in [1.165, 1.54) is 11.1 Å². The van der Waals surface area contributed by atoms with Crippen LogP contribution in [-0.2, 0) is 28.0 Å². The molecule has 4 rings (SSSR count). The predicted molar refractivity (Wildman–Crippen MR) is 129 cm³/mol. The van der Waals surface area contributed by atoms with Crippen LogP contribution in [0.25, 0.3) is 0 Å². The molecule has 2 N–H and O–H groups in total. The Hall–Kier alpha value is -3.35. The molecule has 0 saturated carbocycles. The molecular formula is C26H32N4O3. The molecule has 0 spiro atoms. The van der Waals surface area contributed by atoms with Crippen molar-refractivity contribution in [3.8, 4) is 0 Å². The van der Waals surface area contributed by atoms with E-state index in [-0.39, 0.29) is 6.54 Å². The molecular weight excluding hydrogens is 416 g/mol. The van der Waals surface area contributed by atoms with Crippen molar-refractivity contribution < 1.29 is 14.4 Å². The van der Waals surface area contributed by atoms with Crippen LogP contribution in [0.5, 0.6) is 0 Å². The van der Waals surface area contributed by atoms with Gasteiger partial charge < -0.3 is 15.5 Å². The zero-order valence-corrected chi connectivity index (χ0v) is 19.8. The molecule has 7 nitrogen and oxygen atoms in total. The summed E-state index contributed by atoms with van der Waals surface area (Å²) in [4.78, 5) is 41.7. The molecule has 0 bridgehead atoms. The second-order valence-corrected chi connectivity index (χ2v) is 9.26. The molecule has 2 aromatic carbocycles. The molecule has 1 aliphatic heterocycles. The summed E-state index contributed by atoms with van der Waals surface area (Å²) in [5.41, 5.74) is 3.82. The molecule has 1 heterocycles. The van der Waals surface area contributed by atoms with E-state index < -0.39 is 23.4 Å². The number of carbonyl (C=O) groups excluding carboxylic acids is 3. The zero-order chi connectivity index (χ0) is 23.8. The average Bonchev–Trinajstić information content (AvgIpc) is 3.33. The molecule has 2 aliphatic rings. The van der Waals surface area contributed by atoms with Gasteiger partial charge in [0.15, 0.2) is 0 Å². The van der Waals surface area contributed by atoms with Gasteiger partial charge in [-0.2, -0.15) is 0 Å². The fraction of sp³-hybridized carbons (Fsp3) is 0.423. The first kappa shape index (κ1) is 22.8. The fourth-order valence-corrected chi connectivity index (χ4v) is 4.85. The zero-order valence-electron chi connectivity index (χ0n) is 19.8. The summed E-state index contributed by atoms with van der Waals surface area (Å²) in [6.07, 6.45) is 3.14. The third kappa shape index (κ3) is 4.32. The number of anilines is 2. The molecule has 33 heavy (non-hydrogen) atoms. The van der Waals surface area contributed by atoms with Crippen LogP contribution in [0.1, 0.15) is 50.8 Å². The maximum absolute atomic E-state index is 13.2. The van der Waals surface area contributed by atoms with Gasteiger partial charge in [-0.25, -0.2) is 4.79 Å². The topological polar surface area (TPSA) is 81.8 Å². The third-order valence-electron chi connectivity index (χ3n) is 6.70. The lowest BCUT2D eigenvalue weighted by Gasteiger charge is -2.27. The van der Waals surface area contributed by atoms with Crippen molar-refractivity contribution in [3.63, 3.8) is 0 Å². The van der Waals surface area contributed by atoms with E-state index in [9.17, 15) is 14.4 Å². The number of urea groups is 1. The van der Waals surface area contributed by atoms with Crippen molar-refractivity contribution in [2.75, 3.05) is 23.3 Å². The Morgan fingerprint density at radius 2 is 1.82 bits per heavy atom. The normalized spacial score (nSPS) is 19.6.